The minimum atomic E-state index is -0.176. The maximum absolute atomic E-state index is 12.0. The Balaban J connectivity index is 1.99. The van der Waals surface area contributed by atoms with Crippen LogP contribution in [0.25, 0.3) is 0 Å². The second-order valence-corrected chi connectivity index (χ2v) is 4.69. The van der Waals surface area contributed by atoms with Crippen LogP contribution in [0.3, 0.4) is 0 Å². The Morgan fingerprint density at radius 1 is 1.71 bits per heavy atom. The van der Waals surface area contributed by atoms with Crippen molar-refractivity contribution in [3.05, 3.63) is 16.4 Å². The van der Waals surface area contributed by atoms with Crippen molar-refractivity contribution in [3.8, 4) is 0 Å². The molecule has 1 aromatic rings. The van der Waals surface area contributed by atoms with E-state index in [0.717, 1.165) is 19.6 Å². The average molecular weight is 258 g/mol. The topological polar surface area (TPSA) is 56.2 Å². The zero-order valence-electron chi connectivity index (χ0n) is 9.99. The summed E-state index contributed by atoms with van der Waals surface area (Å²) >= 11 is 6.04. The van der Waals surface area contributed by atoms with Crippen LogP contribution in [0.2, 0.25) is 5.02 Å². The van der Waals surface area contributed by atoms with Crippen molar-refractivity contribution in [2.45, 2.75) is 13.3 Å². The zero-order chi connectivity index (χ0) is 12.4. The number of carbonyl (C=O) groups is 1. The number of ether oxygens (including phenoxy) is 1. The summed E-state index contributed by atoms with van der Waals surface area (Å²) in [5.41, 5.74) is 1.09. The van der Waals surface area contributed by atoms with Gasteiger partial charge in [0.25, 0.3) is 5.91 Å². The lowest BCUT2D eigenvalue weighted by Crippen LogP contribution is -2.31. The Morgan fingerprint density at radius 2 is 2.47 bits per heavy atom. The molecule has 1 aliphatic heterocycles. The molecule has 0 radical (unpaired) electrons. The molecular formula is C11H16ClN3O2. The van der Waals surface area contributed by atoms with Crippen LogP contribution in [0, 0.1) is 12.8 Å². The van der Waals surface area contributed by atoms with Crippen molar-refractivity contribution in [1.82, 2.24) is 15.1 Å². The Hall–Kier alpha value is -1.07. The van der Waals surface area contributed by atoms with Crippen LogP contribution >= 0.6 is 11.6 Å². The molecular weight excluding hydrogens is 242 g/mol. The van der Waals surface area contributed by atoms with Crippen molar-refractivity contribution < 1.29 is 9.53 Å². The number of halogens is 1. The van der Waals surface area contributed by atoms with E-state index in [1.165, 1.54) is 4.68 Å². The first-order valence-corrected chi connectivity index (χ1v) is 6.02. The zero-order valence-corrected chi connectivity index (χ0v) is 10.8. The van der Waals surface area contributed by atoms with Gasteiger partial charge in [-0.3, -0.25) is 9.48 Å². The van der Waals surface area contributed by atoms with Gasteiger partial charge < -0.3 is 10.1 Å². The van der Waals surface area contributed by atoms with Gasteiger partial charge >= 0.3 is 0 Å². The van der Waals surface area contributed by atoms with E-state index in [-0.39, 0.29) is 5.91 Å². The molecule has 1 N–H and O–H groups in total. The molecule has 0 unspecified atom stereocenters. The number of nitrogens with zero attached hydrogens (tertiary/aromatic N) is 2. The molecule has 1 amide bonds. The van der Waals surface area contributed by atoms with Crippen molar-refractivity contribution in [3.63, 3.8) is 0 Å². The highest BCUT2D eigenvalue weighted by Crippen LogP contribution is 2.19. The van der Waals surface area contributed by atoms with Crippen LogP contribution in [-0.2, 0) is 11.8 Å². The number of rotatable bonds is 3. The van der Waals surface area contributed by atoms with Crippen LogP contribution in [0.5, 0.6) is 0 Å². The first-order valence-electron chi connectivity index (χ1n) is 5.64. The molecule has 0 spiro atoms. The number of nitrogens with one attached hydrogen (secondary N) is 1. The fraction of sp³-hybridized carbons (Fsp3) is 0.636. The predicted molar refractivity (Wildman–Crippen MR) is 64.2 cm³/mol. The smallest absolute Gasteiger partial charge is 0.271 e. The third-order valence-corrected chi connectivity index (χ3v) is 3.39. The largest absolute Gasteiger partial charge is 0.381 e. The first kappa shape index (κ1) is 12.4. The highest BCUT2D eigenvalue weighted by molar-refractivity contribution is 6.34. The first-order chi connectivity index (χ1) is 8.09. The van der Waals surface area contributed by atoms with E-state index in [4.69, 9.17) is 16.3 Å². The molecule has 0 bridgehead atoms. The van der Waals surface area contributed by atoms with E-state index < -0.39 is 0 Å². The van der Waals surface area contributed by atoms with Crippen molar-refractivity contribution in [2.24, 2.45) is 13.0 Å². The van der Waals surface area contributed by atoms with E-state index in [9.17, 15) is 4.79 Å². The van der Waals surface area contributed by atoms with Crippen LogP contribution in [0.4, 0.5) is 0 Å². The van der Waals surface area contributed by atoms with Gasteiger partial charge in [-0.15, -0.1) is 0 Å². The van der Waals surface area contributed by atoms with Gasteiger partial charge in [-0.25, -0.2) is 0 Å². The molecule has 2 heterocycles. The molecule has 94 valence electrons. The summed E-state index contributed by atoms with van der Waals surface area (Å²) in [5.74, 6) is 0.233. The van der Waals surface area contributed by atoms with Gasteiger partial charge in [0, 0.05) is 26.1 Å². The molecule has 0 aromatic carbocycles. The Bertz CT molecular complexity index is 425. The summed E-state index contributed by atoms with van der Waals surface area (Å²) in [7, 11) is 1.71. The summed E-state index contributed by atoms with van der Waals surface area (Å²) in [6, 6.07) is 0. The number of amides is 1. The maximum atomic E-state index is 12.0. The fourth-order valence-corrected chi connectivity index (χ4v) is 2.19. The minimum absolute atomic E-state index is 0.176. The monoisotopic (exact) mass is 257 g/mol. The molecule has 17 heavy (non-hydrogen) atoms. The minimum Gasteiger partial charge on any atom is -0.381 e. The Morgan fingerprint density at radius 3 is 3.00 bits per heavy atom. The van der Waals surface area contributed by atoms with E-state index in [1.54, 1.807) is 14.0 Å². The van der Waals surface area contributed by atoms with Crippen LogP contribution in [0.1, 0.15) is 22.6 Å². The molecule has 0 saturated carbocycles. The summed E-state index contributed by atoms with van der Waals surface area (Å²) in [5, 5.41) is 7.41. The van der Waals surface area contributed by atoms with Crippen molar-refractivity contribution in [1.29, 1.82) is 0 Å². The van der Waals surface area contributed by atoms with Crippen LogP contribution in [0.15, 0.2) is 0 Å². The predicted octanol–water partition coefficient (Wildman–Crippen LogP) is 1.15. The van der Waals surface area contributed by atoms with Gasteiger partial charge in [0.1, 0.15) is 5.69 Å². The third kappa shape index (κ3) is 2.61. The lowest BCUT2D eigenvalue weighted by molar-refractivity contribution is 0.0935. The molecule has 1 aliphatic rings. The molecule has 1 aromatic heterocycles. The van der Waals surface area contributed by atoms with Gasteiger partial charge in [-0.2, -0.15) is 5.10 Å². The summed E-state index contributed by atoms with van der Waals surface area (Å²) < 4.78 is 6.76. The third-order valence-electron chi connectivity index (χ3n) is 2.94. The van der Waals surface area contributed by atoms with Gasteiger partial charge in [-0.05, 0) is 13.3 Å². The Kier molecular flexibility index (Phi) is 3.69. The highest BCUT2D eigenvalue weighted by atomic mass is 35.5. The SMILES string of the molecule is Cc1nn(C)c(C(=O)NC[C@H]2CCOC2)c1Cl. The van der Waals surface area contributed by atoms with Crippen LogP contribution in [-0.4, -0.2) is 35.4 Å². The number of aryl methyl sites for hydroxylation is 2. The maximum Gasteiger partial charge on any atom is 0.271 e. The number of carbonyl (C=O) groups excluding carboxylic acids is 1. The second-order valence-electron chi connectivity index (χ2n) is 4.31. The van der Waals surface area contributed by atoms with E-state index in [1.807, 2.05) is 0 Å². The van der Waals surface area contributed by atoms with E-state index >= 15 is 0 Å². The number of hydrogen-bond donors (Lipinski definition) is 1. The van der Waals surface area contributed by atoms with Gasteiger partial charge in [0.15, 0.2) is 0 Å². The summed E-state index contributed by atoms with van der Waals surface area (Å²) in [4.78, 5) is 12.0. The van der Waals surface area contributed by atoms with E-state index in [0.29, 0.717) is 28.9 Å². The summed E-state index contributed by atoms with van der Waals surface area (Å²) in [6.07, 6.45) is 0.998. The lowest BCUT2D eigenvalue weighted by atomic mass is 10.1. The standard InChI is InChI=1S/C11H16ClN3O2/c1-7-9(12)10(15(2)14-7)11(16)13-5-8-3-4-17-6-8/h8H,3-6H2,1-2H3,(H,13,16)/t8-/m1/s1. The summed E-state index contributed by atoms with van der Waals surface area (Å²) in [6.45, 7) is 3.91. The molecule has 0 aliphatic carbocycles. The fourth-order valence-electron chi connectivity index (χ4n) is 1.94. The number of aromatic nitrogens is 2. The lowest BCUT2D eigenvalue weighted by Gasteiger charge is -2.09. The van der Waals surface area contributed by atoms with E-state index in [2.05, 4.69) is 10.4 Å². The molecule has 2 rings (SSSR count). The Labute approximate surface area is 105 Å². The molecule has 1 fully saturated rings. The van der Waals surface area contributed by atoms with Gasteiger partial charge in [0.2, 0.25) is 0 Å². The average Bonchev–Trinajstić information content (AvgIpc) is 2.86. The highest BCUT2D eigenvalue weighted by Gasteiger charge is 2.21. The number of hydrogen-bond acceptors (Lipinski definition) is 3. The van der Waals surface area contributed by atoms with Crippen molar-refractivity contribution in [2.75, 3.05) is 19.8 Å². The quantitative estimate of drug-likeness (QED) is 0.884. The molecule has 1 atom stereocenters. The second kappa shape index (κ2) is 5.06. The normalized spacial score (nSPS) is 19.6. The van der Waals surface area contributed by atoms with Crippen molar-refractivity contribution >= 4 is 17.5 Å². The molecule has 5 nitrogen and oxygen atoms in total. The molecule has 1 saturated heterocycles. The van der Waals surface area contributed by atoms with Crippen LogP contribution < -0.4 is 5.32 Å². The van der Waals surface area contributed by atoms with Gasteiger partial charge in [0.05, 0.1) is 17.3 Å². The molecule has 6 heteroatoms. The van der Waals surface area contributed by atoms with Gasteiger partial charge in [-0.1, -0.05) is 11.6 Å².